The number of nitrogens with zero attached hydrogens (tertiary/aromatic N) is 3. The molecule has 2 aromatic carbocycles. The quantitative estimate of drug-likeness (QED) is 0.229. The molecule has 2 aliphatic heterocycles. The summed E-state index contributed by atoms with van der Waals surface area (Å²) in [7, 11) is 1.31. The molecule has 1 aliphatic carbocycles. The first-order chi connectivity index (χ1) is 24.6. The van der Waals surface area contributed by atoms with E-state index in [1.807, 2.05) is 60.9 Å². The van der Waals surface area contributed by atoms with Crippen molar-refractivity contribution in [2.45, 2.75) is 103 Å². The Morgan fingerprint density at radius 3 is 2.23 bits per heavy atom. The minimum atomic E-state index is -0.794. The van der Waals surface area contributed by atoms with Gasteiger partial charge in [0.2, 0.25) is 0 Å². The van der Waals surface area contributed by atoms with Gasteiger partial charge in [0, 0.05) is 30.2 Å². The van der Waals surface area contributed by atoms with E-state index in [2.05, 4.69) is 58.8 Å². The van der Waals surface area contributed by atoms with E-state index in [0.29, 0.717) is 13.0 Å². The molecule has 4 atom stereocenters. The number of benzene rings is 2. The van der Waals surface area contributed by atoms with Crippen LogP contribution < -0.4 is 5.32 Å². The van der Waals surface area contributed by atoms with Gasteiger partial charge >= 0.3 is 12.2 Å². The fourth-order valence-corrected chi connectivity index (χ4v) is 7.53. The Labute approximate surface area is 306 Å². The first-order valence-electron chi connectivity index (χ1n) is 18.2. The van der Waals surface area contributed by atoms with E-state index in [4.69, 9.17) is 24.2 Å². The molecule has 1 aromatic heterocycles. The summed E-state index contributed by atoms with van der Waals surface area (Å²) in [5.74, 6) is 0.535. The molecule has 3 aromatic rings. The van der Waals surface area contributed by atoms with Crippen molar-refractivity contribution in [1.82, 2.24) is 20.2 Å². The summed E-state index contributed by atoms with van der Waals surface area (Å²) < 4.78 is 16.5. The van der Waals surface area contributed by atoms with Crippen LogP contribution in [0.2, 0.25) is 0 Å². The summed E-state index contributed by atoms with van der Waals surface area (Å²) in [6.45, 7) is 13.6. The van der Waals surface area contributed by atoms with Crippen molar-refractivity contribution in [3.8, 4) is 22.4 Å². The molecule has 1 saturated heterocycles. The molecular formula is C41H51N5O6. The summed E-state index contributed by atoms with van der Waals surface area (Å²) in [4.78, 5) is 53.3. The predicted octanol–water partition coefficient (Wildman–Crippen LogP) is 8.13. The zero-order chi connectivity index (χ0) is 37.4. The number of carbonyl (C=O) groups is 3. The van der Waals surface area contributed by atoms with Crippen LogP contribution >= 0.6 is 0 Å². The maximum atomic E-state index is 13.6. The molecule has 3 aliphatic rings. The molecule has 52 heavy (non-hydrogen) atoms. The van der Waals surface area contributed by atoms with Gasteiger partial charge in [-0.2, -0.15) is 0 Å². The van der Waals surface area contributed by atoms with Crippen molar-refractivity contribution >= 4 is 29.3 Å². The summed E-state index contributed by atoms with van der Waals surface area (Å²) in [5.41, 5.74) is 5.73. The zero-order valence-electron chi connectivity index (χ0n) is 31.5. The van der Waals surface area contributed by atoms with Crippen LogP contribution in [0.3, 0.4) is 0 Å². The number of H-pyrrole nitrogens is 1. The SMILES string of the molecule is COC(=O)N[C@H](C(=O)C1CCC[C@H]1c1ncc(-c2ccc(-c3ccc(C4=CN=C([C@@H]5COC(C)(C)N5C(=O)OC(C)(C)C)C4)cc3)cc2)[nH]1)C(C)C. The maximum Gasteiger partial charge on any atom is 0.413 e. The number of alkyl carbamates (subject to hydrolysis) is 1. The van der Waals surface area contributed by atoms with Crippen molar-refractivity contribution in [2.75, 3.05) is 13.7 Å². The third kappa shape index (κ3) is 7.84. The summed E-state index contributed by atoms with van der Waals surface area (Å²) in [5, 5.41) is 2.74. The van der Waals surface area contributed by atoms with E-state index in [9.17, 15) is 14.4 Å². The van der Waals surface area contributed by atoms with E-state index in [-0.39, 0.29) is 29.6 Å². The number of nitrogens with one attached hydrogen (secondary N) is 2. The minimum Gasteiger partial charge on any atom is -0.453 e. The molecule has 0 spiro atoms. The second-order valence-electron chi connectivity index (χ2n) is 15.8. The number of ketones is 1. The smallest absolute Gasteiger partial charge is 0.413 e. The van der Waals surface area contributed by atoms with Gasteiger partial charge in [0.15, 0.2) is 5.78 Å². The Balaban J connectivity index is 1.09. The fraction of sp³-hybridized carbons (Fsp3) is 0.488. The lowest BCUT2D eigenvalue weighted by molar-refractivity contribution is -0.126. The Hall–Kier alpha value is -4.77. The molecule has 276 valence electrons. The van der Waals surface area contributed by atoms with Crippen molar-refractivity contribution in [1.29, 1.82) is 0 Å². The molecule has 11 nitrogen and oxygen atoms in total. The summed E-state index contributed by atoms with van der Waals surface area (Å²) in [6, 6.07) is 15.9. The predicted molar refractivity (Wildman–Crippen MR) is 201 cm³/mol. The summed E-state index contributed by atoms with van der Waals surface area (Å²) in [6.07, 6.45) is 5.92. The Morgan fingerprint density at radius 2 is 1.62 bits per heavy atom. The van der Waals surface area contributed by atoms with Crippen LogP contribution in [-0.2, 0) is 19.0 Å². The normalized spacial score (nSPS) is 21.9. The molecular weight excluding hydrogens is 658 g/mol. The van der Waals surface area contributed by atoms with Gasteiger partial charge in [0.1, 0.15) is 23.2 Å². The van der Waals surface area contributed by atoms with E-state index < -0.39 is 29.6 Å². The van der Waals surface area contributed by atoms with Crippen LogP contribution in [0.5, 0.6) is 0 Å². The number of hydrogen-bond acceptors (Lipinski definition) is 8. The van der Waals surface area contributed by atoms with Crippen molar-refractivity contribution in [3.63, 3.8) is 0 Å². The molecule has 0 radical (unpaired) electrons. The number of aliphatic imine (C=N–C) groups is 1. The average Bonchev–Trinajstić information content (AvgIpc) is 3.92. The number of carbonyl (C=O) groups excluding carboxylic acids is 3. The molecule has 1 unspecified atom stereocenters. The van der Waals surface area contributed by atoms with E-state index >= 15 is 0 Å². The molecule has 0 bridgehead atoms. The maximum absolute atomic E-state index is 13.6. The van der Waals surface area contributed by atoms with Crippen molar-refractivity contribution in [2.24, 2.45) is 16.8 Å². The highest BCUT2D eigenvalue weighted by atomic mass is 16.6. The van der Waals surface area contributed by atoms with Crippen LogP contribution in [-0.4, -0.2) is 75.7 Å². The number of rotatable bonds is 9. The number of imidazole rings is 1. The van der Waals surface area contributed by atoms with Crippen molar-refractivity contribution in [3.05, 3.63) is 72.3 Å². The Morgan fingerprint density at radius 1 is 0.981 bits per heavy atom. The third-order valence-electron chi connectivity index (χ3n) is 10.3. The molecule has 2 fully saturated rings. The van der Waals surface area contributed by atoms with Gasteiger partial charge in [-0.1, -0.05) is 68.8 Å². The van der Waals surface area contributed by atoms with Gasteiger partial charge in [0.25, 0.3) is 0 Å². The highest BCUT2D eigenvalue weighted by Crippen LogP contribution is 2.41. The Kier molecular flexibility index (Phi) is 10.5. The molecule has 3 heterocycles. The highest BCUT2D eigenvalue weighted by molar-refractivity contribution is 6.03. The molecule has 2 amide bonds. The number of aromatic nitrogens is 2. The van der Waals surface area contributed by atoms with Crippen LogP contribution in [0.1, 0.15) is 91.5 Å². The third-order valence-corrected chi connectivity index (χ3v) is 10.3. The number of methoxy groups -OCH3 is 1. The number of allylic oxidation sites excluding steroid dienone is 1. The standard InChI is InChI=1S/C41H51N5O6/c1-24(2)35(45-38(48)50-8)36(47)30-10-9-11-31(30)37-43-22-33(44-37)28-18-16-26(17-19-28)25-12-14-27(15-13-25)29-20-32(42-21-29)34-23-51-41(6,7)46(34)39(49)52-40(3,4)5/h12-19,21-22,24,30-31,34-35H,9-11,20,23H2,1-8H3,(H,43,44)(H,45,48)/t30?,31-,34+,35+/m1/s1. The van der Waals surface area contributed by atoms with E-state index in [1.54, 1.807) is 4.90 Å². The van der Waals surface area contributed by atoms with Crippen LogP contribution in [0.4, 0.5) is 9.59 Å². The molecule has 11 heteroatoms. The molecule has 6 rings (SSSR count). The largest absolute Gasteiger partial charge is 0.453 e. The first-order valence-corrected chi connectivity index (χ1v) is 18.2. The average molecular weight is 710 g/mol. The van der Waals surface area contributed by atoms with Gasteiger partial charge in [-0.05, 0) is 81.2 Å². The Bertz CT molecular complexity index is 1850. The van der Waals surface area contributed by atoms with Gasteiger partial charge in [-0.15, -0.1) is 0 Å². The zero-order valence-corrected chi connectivity index (χ0v) is 31.5. The number of amides is 2. The molecule has 1 saturated carbocycles. The lowest BCUT2D eigenvalue weighted by Crippen LogP contribution is -2.52. The first kappa shape index (κ1) is 37.0. The van der Waals surface area contributed by atoms with Gasteiger partial charge in [-0.3, -0.25) is 14.7 Å². The van der Waals surface area contributed by atoms with E-state index in [1.165, 1.54) is 7.11 Å². The van der Waals surface area contributed by atoms with E-state index in [0.717, 1.165) is 64.3 Å². The molecule has 2 N–H and O–H groups in total. The number of aromatic amines is 1. The van der Waals surface area contributed by atoms with Crippen LogP contribution in [0, 0.1) is 11.8 Å². The van der Waals surface area contributed by atoms with Crippen LogP contribution in [0.15, 0.2) is 65.9 Å². The van der Waals surface area contributed by atoms with Gasteiger partial charge < -0.3 is 24.5 Å². The minimum absolute atomic E-state index is 0.0292. The number of ether oxygens (including phenoxy) is 3. The second-order valence-corrected chi connectivity index (χ2v) is 15.8. The number of Topliss-reactive ketones (excluding diaryl/α,β-unsaturated/α-hetero) is 1. The highest BCUT2D eigenvalue weighted by Gasteiger charge is 2.48. The lowest BCUT2D eigenvalue weighted by atomic mass is 9.84. The van der Waals surface area contributed by atoms with Gasteiger partial charge in [0.05, 0.1) is 31.6 Å². The fourth-order valence-electron chi connectivity index (χ4n) is 7.53. The van der Waals surface area contributed by atoms with Gasteiger partial charge in [-0.25, -0.2) is 14.6 Å². The number of hydrogen-bond donors (Lipinski definition) is 2. The van der Waals surface area contributed by atoms with Crippen LogP contribution in [0.25, 0.3) is 28.0 Å². The lowest BCUT2D eigenvalue weighted by Gasteiger charge is -2.35. The van der Waals surface area contributed by atoms with Crippen molar-refractivity contribution < 1.29 is 28.6 Å². The topological polar surface area (TPSA) is 135 Å². The summed E-state index contributed by atoms with van der Waals surface area (Å²) >= 11 is 0. The second kappa shape index (κ2) is 14.7. The monoisotopic (exact) mass is 709 g/mol.